The number of Topliss-reactive ketones (excluding diaryl/α,β-unsaturated/α-hetero) is 1. The molecule has 4 aliphatic rings. The number of sulfone groups is 2. The van der Waals surface area contributed by atoms with Gasteiger partial charge in [0, 0.05) is 46.4 Å². The predicted molar refractivity (Wildman–Crippen MR) is 227 cm³/mol. The molecule has 4 aliphatic carbocycles. The van der Waals surface area contributed by atoms with Crippen molar-refractivity contribution in [1.82, 2.24) is 24.5 Å². The molecule has 0 N–H and O–H groups in total. The van der Waals surface area contributed by atoms with Crippen LogP contribution in [0.15, 0.2) is 42.5 Å². The van der Waals surface area contributed by atoms with Crippen LogP contribution in [0.4, 0.5) is 39.5 Å². The zero-order valence-corrected chi connectivity index (χ0v) is 37.8. The maximum atomic E-state index is 15.6. The van der Waals surface area contributed by atoms with Crippen LogP contribution in [0.5, 0.6) is 0 Å². The Morgan fingerprint density at radius 1 is 0.925 bits per heavy atom. The maximum Gasteiger partial charge on any atom is 0.435 e. The lowest BCUT2D eigenvalue weighted by atomic mass is 9.86. The third kappa shape index (κ3) is 8.86. The van der Waals surface area contributed by atoms with Gasteiger partial charge in [0.1, 0.15) is 40.9 Å². The van der Waals surface area contributed by atoms with Gasteiger partial charge in [-0.15, -0.1) is 0 Å². The largest absolute Gasteiger partial charge is 0.435 e. The van der Waals surface area contributed by atoms with E-state index in [1.807, 2.05) is 0 Å². The Kier molecular flexibility index (Phi) is 11.5. The topological polar surface area (TPSA) is 134 Å². The van der Waals surface area contributed by atoms with Crippen LogP contribution in [0.1, 0.15) is 104 Å². The summed E-state index contributed by atoms with van der Waals surface area (Å²) in [5, 5.41) is 6.44. The summed E-state index contributed by atoms with van der Waals surface area (Å²) in [6.45, 7) is 0.674. The number of carbonyl (C=O) groups is 1. The van der Waals surface area contributed by atoms with Crippen LogP contribution >= 0.6 is 11.6 Å². The van der Waals surface area contributed by atoms with E-state index in [9.17, 15) is 52.4 Å². The fourth-order valence-electron chi connectivity index (χ4n) is 9.21. The SMILES string of the molecule is CC(C)(C#Cc1ccc(-c2ccc(Cl)c3c(CS(=O)(=O)C4CC4)nn(CC(F)F)c23)c([C@@H](CC(=O)Cn2nc(C(F)(F)F)c3c2C(F)(F)[C@@H]2C[C@H]32)Cc2cc(F)cc(F)c2)n1)S(=O)(=O)C1CC1. The van der Waals surface area contributed by atoms with Gasteiger partial charge in [-0.3, -0.25) is 14.2 Å². The van der Waals surface area contributed by atoms with Crippen molar-refractivity contribution in [2.45, 2.75) is 123 Å². The summed E-state index contributed by atoms with van der Waals surface area (Å²) in [4.78, 5) is 19.0. The molecule has 3 saturated carbocycles. The van der Waals surface area contributed by atoms with Crippen molar-refractivity contribution in [2.24, 2.45) is 5.92 Å². The lowest BCUT2D eigenvalue weighted by Crippen LogP contribution is -2.33. The fourth-order valence-corrected chi connectivity index (χ4v) is 12.9. The Bertz CT molecular complexity index is 3150. The quantitative estimate of drug-likeness (QED) is 0.0749. The van der Waals surface area contributed by atoms with E-state index in [4.69, 9.17) is 16.6 Å². The molecule has 356 valence electrons. The van der Waals surface area contributed by atoms with Gasteiger partial charge >= 0.3 is 6.18 Å². The summed E-state index contributed by atoms with van der Waals surface area (Å²) in [5.41, 5.74) is -3.64. The van der Waals surface area contributed by atoms with Crippen molar-refractivity contribution in [3.05, 3.63) is 98.7 Å². The summed E-state index contributed by atoms with van der Waals surface area (Å²) in [6, 6.07) is 7.99. The molecule has 0 unspecified atom stereocenters. The highest BCUT2D eigenvalue weighted by Crippen LogP contribution is 2.68. The van der Waals surface area contributed by atoms with E-state index in [-0.39, 0.29) is 56.1 Å². The van der Waals surface area contributed by atoms with Gasteiger partial charge in [-0.05, 0) is 100 Å². The first-order valence-corrected chi connectivity index (χ1v) is 24.9. The number of benzene rings is 2. The monoisotopic (exact) mass is 999 g/mol. The molecule has 67 heavy (non-hydrogen) atoms. The highest BCUT2D eigenvalue weighted by Gasteiger charge is 2.68. The molecule has 5 aromatic rings. The molecule has 3 aromatic heterocycles. The first kappa shape index (κ1) is 47.1. The number of rotatable bonds is 15. The van der Waals surface area contributed by atoms with E-state index in [2.05, 4.69) is 22.0 Å². The molecule has 0 spiro atoms. The average molecular weight is 1000 g/mol. The third-order valence-corrected chi connectivity index (χ3v) is 18.1. The minimum absolute atomic E-state index is 0.00213. The van der Waals surface area contributed by atoms with Crippen molar-refractivity contribution in [3.8, 4) is 23.0 Å². The lowest BCUT2D eigenvalue weighted by Gasteiger charge is -2.22. The first-order valence-electron chi connectivity index (χ1n) is 21.2. The number of nitrogens with zero attached hydrogens (tertiary/aromatic N) is 5. The minimum atomic E-state index is -5.13. The Labute approximate surface area is 383 Å². The van der Waals surface area contributed by atoms with Crippen molar-refractivity contribution in [1.29, 1.82) is 0 Å². The molecule has 10 nitrogen and oxygen atoms in total. The number of hydrogen-bond acceptors (Lipinski definition) is 8. The van der Waals surface area contributed by atoms with Gasteiger partial charge in [0.05, 0.1) is 38.2 Å². The molecule has 22 heteroatoms. The molecule has 3 fully saturated rings. The third-order valence-electron chi connectivity index (χ3n) is 12.8. The van der Waals surface area contributed by atoms with E-state index < -0.39 is 137 Å². The summed E-state index contributed by atoms with van der Waals surface area (Å²) < 4.78 is 185. The number of fused-ring (bicyclic) bond motifs is 4. The van der Waals surface area contributed by atoms with Gasteiger partial charge in [-0.1, -0.05) is 23.6 Å². The summed E-state index contributed by atoms with van der Waals surface area (Å²) in [5.74, 6) is -5.75. The second-order valence-corrected chi connectivity index (χ2v) is 23.7. The van der Waals surface area contributed by atoms with Crippen LogP contribution in [0.2, 0.25) is 5.02 Å². The number of ketones is 1. The lowest BCUT2D eigenvalue weighted by molar-refractivity contribution is -0.142. The molecule has 0 bridgehead atoms. The second kappa shape index (κ2) is 16.4. The number of alkyl halides is 7. The molecule has 0 amide bonds. The Balaban J connectivity index is 1.22. The summed E-state index contributed by atoms with van der Waals surface area (Å²) >= 11 is 6.69. The van der Waals surface area contributed by atoms with Gasteiger partial charge < -0.3 is 0 Å². The van der Waals surface area contributed by atoms with Gasteiger partial charge in [-0.25, -0.2) is 39.4 Å². The summed E-state index contributed by atoms with van der Waals surface area (Å²) in [7, 11) is -7.57. The van der Waals surface area contributed by atoms with Crippen LogP contribution in [-0.2, 0) is 61.8 Å². The van der Waals surface area contributed by atoms with Crippen molar-refractivity contribution in [2.75, 3.05) is 0 Å². The minimum Gasteiger partial charge on any atom is -0.298 e. The zero-order chi connectivity index (χ0) is 48.3. The van der Waals surface area contributed by atoms with E-state index >= 15 is 8.78 Å². The van der Waals surface area contributed by atoms with Gasteiger partial charge in [0.25, 0.3) is 12.3 Å². The van der Waals surface area contributed by atoms with Gasteiger partial charge in [0.15, 0.2) is 31.2 Å². The van der Waals surface area contributed by atoms with Crippen LogP contribution in [0.3, 0.4) is 0 Å². The number of aromatic nitrogens is 5. The Morgan fingerprint density at radius 3 is 2.21 bits per heavy atom. The van der Waals surface area contributed by atoms with E-state index in [1.54, 1.807) is 0 Å². The van der Waals surface area contributed by atoms with E-state index in [1.165, 1.54) is 38.1 Å². The number of carbonyl (C=O) groups excluding carboxylic acids is 1. The second-order valence-electron chi connectivity index (χ2n) is 18.2. The van der Waals surface area contributed by atoms with Crippen LogP contribution in [0.25, 0.3) is 22.0 Å². The van der Waals surface area contributed by atoms with E-state index in [0.717, 1.165) is 16.8 Å². The molecule has 0 aliphatic heterocycles. The normalized spacial score (nSPS) is 19.6. The predicted octanol–water partition coefficient (Wildman–Crippen LogP) is 9.49. The van der Waals surface area contributed by atoms with Crippen LogP contribution < -0.4 is 0 Å². The van der Waals surface area contributed by atoms with Crippen LogP contribution in [0, 0.1) is 29.4 Å². The standard InChI is InChI=1S/C45H39ClF9N5O5S2/c1-43(2,67(64,65)29-6-7-29)12-11-26-3-8-30(31-9-10-34(46)38-35(21-66(62,63)28-4-5-28)57-59(40(31)38)20-36(49)50)39(56-26)23(13-22-14-24(47)17-25(48)15-22)16-27(61)19-60-42-37(41(58-60)45(53,54)55)32-18-33(32)44(42,51)52/h3,8-10,14-15,17,23,28-29,32-33,36H,4-7,13,16,18-21H2,1-2H3/t23-,32+,33-/m1/s1. The number of hydrogen-bond donors (Lipinski definition) is 0. The molecule has 9 rings (SSSR count). The zero-order valence-electron chi connectivity index (χ0n) is 35.5. The van der Waals surface area contributed by atoms with Crippen LogP contribution in [-0.4, -0.2) is 68.8 Å². The number of halogens is 10. The molecule has 0 radical (unpaired) electrons. The van der Waals surface area contributed by atoms with Crippen molar-refractivity contribution >= 4 is 48.0 Å². The average Bonchev–Trinajstić information content (AvgIpc) is 4.11. The number of pyridine rings is 1. The van der Waals surface area contributed by atoms with E-state index in [0.29, 0.717) is 36.4 Å². The smallest absolute Gasteiger partial charge is 0.298 e. The first-order chi connectivity index (χ1) is 31.3. The Morgan fingerprint density at radius 2 is 1.58 bits per heavy atom. The van der Waals surface area contributed by atoms with Crippen molar-refractivity contribution < 1.29 is 61.1 Å². The summed E-state index contributed by atoms with van der Waals surface area (Å²) in [6.07, 6.45) is -7.85. The Hall–Kier alpha value is -4.94. The van der Waals surface area contributed by atoms with Crippen molar-refractivity contribution in [3.63, 3.8) is 0 Å². The molecule has 3 heterocycles. The molecule has 3 atom stereocenters. The molecular weight excluding hydrogens is 961 g/mol. The molecular formula is C45H39ClF9N5O5S2. The van der Waals surface area contributed by atoms with Gasteiger partial charge in [0.2, 0.25) is 0 Å². The van der Waals surface area contributed by atoms with Gasteiger partial charge in [-0.2, -0.15) is 32.1 Å². The fraction of sp³-hybridized carbons (Fsp3) is 0.467. The molecule has 2 aromatic carbocycles. The highest BCUT2D eigenvalue weighted by atomic mass is 35.5. The molecule has 0 saturated heterocycles. The highest BCUT2D eigenvalue weighted by molar-refractivity contribution is 7.93. The maximum absolute atomic E-state index is 15.6.